The van der Waals surface area contributed by atoms with E-state index >= 15 is 0 Å². The molecule has 0 atom stereocenters. The second-order valence-electron chi connectivity index (χ2n) is 6.22. The molecule has 0 unspecified atom stereocenters. The minimum Gasteiger partial charge on any atom is -0.357 e. The second kappa shape index (κ2) is 7.40. The molecule has 0 spiro atoms. The summed E-state index contributed by atoms with van der Waals surface area (Å²) < 4.78 is 26.6. The number of carbonyl (C=O) groups excluding carboxylic acids is 1. The third kappa shape index (κ3) is 3.80. The number of nitrogens with one attached hydrogen (secondary N) is 1. The van der Waals surface area contributed by atoms with Gasteiger partial charge in [0, 0.05) is 36.3 Å². The molecule has 1 aromatic carbocycles. The predicted octanol–water partition coefficient (Wildman–Crippen LogP) is 4.34. The topological polar surface area (TPSA) is 58.1 Å². The highest BCUT2D eigenvalue weighted by molar-refractivity contribution is 7.13. The number of hydrogen-bond donors (Lipinski definition) is 1. The molecule has 0 saturated carbocycles. The molecule has 0 bridgehead atoms. The van der Waals surface area contributed by atoms with E-state index in [4.69, 9.17) is 0 Å². The molecule has 1 aliphatic rings. The Bertz CT molecular complexity index is 968. The van der Waals surface area contributed by atoms with Crippen molar-refractivity contribution in [3.8, 4) is 10.6 Å². The maximum absolute atomic E-state index is 13.7. The fourth-order valence-electron chi connectivity index (χ4n) is 2.93. The van der Waals surface area contributed by atoms with Crippen LogP contribution in [-0.2, 0) is 0 Å². The number of benzene rings is 1. The number of pyridine rings is 1. The van der Waals surface area contributed by atoms with E-state index < -0.39 is 17.5 Å². The van der Waals surface area contributed by atoms with Crippen molar-refractivity contribution in [2.45, 2.75) is 12.8 Å². The van der Waals surface area contributed by atoms with Crippen molar-refractivity contribution in [1.82, 2.24) is 9.97 Å². The van der Waals surface area contributed by atoms with Crippen LogP contribution in [0.5, 0.6) is 0 Å². The van der Waals surface area contributed by atoms with Crippen LogP contribution in [0.3, 0.4) is 0 Å². The molecule has 4 rings (SSSR count). The number of anilines is 2. The summed E-state index contributed by atoms with van der Waals surface area (Å²) in [6.07, 6.45) is 4.11. The second-order valence-corrected chi connectivity index (χ2v) is 7.07. The van der Waals surface area contributed by atoms with Gasteiger partial charge in [0.15, 0.2) is 0 Å². The lowest BCUT2D eigenvalue weighted by atomic mass is 10.2. The van der Waals surface area contributed by atoms with Gasteiger partial charge in [-0.2, -0.15) is 0 Å². The van der Waals surface area contributed by atoms with Crippen molar-refractivity contribution in [1.29, 1.82) is 0 Å². The molecule has 3 heterocycles. The van der Waals surface area contributed by atoms with Crippen LogP contribution >= 0.6 is 11.3 Å². The van der Waals surface area contributed by atoms with Crippen molar-refractivity contribution in [3.63, 3.8) is 0 Å². The molecular weight excluding hydrogens is 370 g/mol. The normalized spacial score (nSPS) is 13.8. The van der Waals surface area contributed by atoms with Crippen LogP contribution in [0, 0.1) is 11.6 Å². The van der Waals surface area contributed by atoms with Crippen LogP contribution in [-0.4, -0.2) is 29.0 Å². The number of hydrogen-bond acceptors (Lipinski definition) is 5. The molecule has 5 nitrogen and oxygen atoms in total. The molecule has 1 N–H and O–H groups in total. The number of aromatic nitrogens is 2. The summed E-state index contributed by atoms with van der Waals surface area (Å²) in [5.41, 5.74) is 0.893. The highest BCUT2D eigenvalue weighted by Crippen LogP contribution is 2.26. The average molecular weight is 386 g/mol. The van der Waals surface area contributed by atoms with Gasteiger partial charge in [0.05, 0.1) is 5.69 Å². The first kappa shape index (κ1) is 17.5. The Hall–Kier alpha value is -2.87. The van der Waals surface area contributed by atoms with E-state index in [0.29, 0.717) is 5.01 Å². The van der Waals surface area contributed by atoms with Gasteiger partial charge in [-0.3, -0.25) is 4.79 Å². The summed E-state index contributed by atoms with van der Waals surface area (Å²) in [6.45, 7) is 2.04. The first-order valence-corrected chi connectivity index (χ1v) is 9.41. The van der Waals surface area contributed by atoms with Gasteiger partial charge in [0.25, 0.3) is 5.91 Å². The molecule has 1 aliphatic heterocycles. The van der Waals surface area contributed by atoms with Crippen LogP contribution < -0.4 is 10.2 Å². The summed E-state index contributed by atoms with van der Waals surface area (Å²) in [6, 6.07) is 6.86. The van der Waals surface area contributed by atoms with Crippen molar-refractivity contribution < 1.29 is 13.6 Å². The van der Waals surface area contributed by atoms with Gasteiger partial charge in [-0.05, 0) is 37.1 Å². The molecular formula is C19H16F2N4OS. The highest BCUT2D eigenvalue weighted by atomic mass is 32.1. The van der Waals surface area contributed by atoms with E-state index in [1.54, 1.807) is 11.6 Å². The van der Waals surface area contributed by atoms with Crippen LogP contribution in [0.15, 0.2) is 41.9 Å². The summed E-state index contributed by atoms with van der Waals surface area (Å²) in [4.78, 5) is 23.3. The Labute approximate surface area is 158 Å². The first-order chi connectivity index (χ1) is 13.1. The molecule has 0 radical (unpaired) electrons. The quantitative estimate of drug-likeness (QED) is 0.725. The Kier molecular flexibility index (Phi) is 4.81. The Morgan fingerprint density at radius 2 is 1.96 bits per heavy atom. The number of halogens is 2. The summed E-state index contributed by atoms with van der Waals surface area (Å²) >= 11 is 1.31. The SMILES string of the molecule is O=C(Nc1ccc(F)cc1F)c1csc(-c2ccc(N3CCCC3)nc2)n1. The zero-order valence-corrected chi connectivity index (χ0v) is 15.1. The van der Waals surface area contributed by atoms with E-state index in [9.17, 15) is 13.6 Å². The van der Waals surface area contributed by atoms with Crippen molar-refractivity contribution >= 4 is 28.7 Å². The third-order valence-electron chi connectivity index (χ3n) is 4.34. The van der Waals surface area contributed by atoms with Gasteiger partial charge in [-0.15, -0.1) is 11.3 Å². The van der Waals surface area contributed by atoms with Crippen LogP contribution in [0.1, 0.15) is 23.3 Å². The monoisotopic (exact) mass is 386 g/mol. The fraction of sp³-hybridized carbons (Fsp3) is 0.211. The average Bonchev–Trinajstić information content (AvgIpc) is 3.36. The lowest BCUT2D eigenvalue weighted by molar-refractivity contribution is 0.102. The van der Waals surface area contributed by atoms with Gasteiger partial charge < -0.3 is 10.2 Å². The molecule has 138 valence electrons. The van der Waals surface area contributed by atoms with E-state index in [0.717, 1.165) is 36.6 Å². The number of amides is 1. The lowest BCUT2D eigenvalue weighted by Crippen LogP contribution is -2.18. The fourth-order valence-corrected chi connectivity index (χ4v) is 3.72. The molecule has 1 amide bonds. The number of rotatable bonds is 4. The van der Waals surface area contributed by atoms with Crippen molar-refractivity contribution in [2.75, 3.05) is 23.3 Å². The van der Waals surface area contributed by atoms with Gasteiger partial charge in [-0.1, -0.05) is 0 Å². The van der Waals surface area contributed by atoms with Gasteiger partial charge in [-0.25, -0.2) is 18.7 Å². The summed E-state index contributed by atoms with van der Waals surface area (Å²) in [7, 11) is 0. The summed E-state index contributed by atoms with van der Waals surface area (Å²) in [5, 5.41) is 4.66. The number of thiazole rings is 1. The van der Waals surface area contributed by atoms with Gasteiger partial charge in [0.1, 0.15) is 28.2 Å². The van der Waals surface area contributed by atoms with E-state index in [1.165, 1.54) is 30.2 Å². The summed E-state index contributed by atoms with van der Waals surface area (Å²) in [5.74, 6) is -1.14. The van der Waals surface area contributed by atoms with Crippen molar-refractivity contribution in [3.05, 3.63) is 59.2 Å². The predicted molar refractivity (Wildman–Crippen MR) is 101 cm³/mol. The molecule has 2 aromatic heterocycles. The minimum atomic E-state index is -0.833. The van der Waals surface area contributed by atoms with Gasteiger partial charge in [0.2, 0.25) is 0 Å². The van der Waals surface area contributed by atoms with Gasteiger partial charge >= 0.3 is 0 Å². The van der Waals surface area contributed by atoms with Crippen LogP contribution in [0.4, 0.5) is 20.3 Å². The lowest BCUT2D eigenvalue weighted by Gasteiger charge is -2.15. The smallest absolute Gasteiger partial charge is 0.275 e. The van der Waals surface area contributed by atoms with Crippen molar-refractivity contribution in [2.24, 2.45) is 0 Å². The van der Waals surface area contributed by atoms with E-state index in [2.05, 4.69) is 20.2 Å². The largest absolute Gasteiger partial charge is 0.357 e. The molecule has 27 heavy (non-hydrogen) atoms. The minimum absolute atomic E-state index is 0.0902. The Balaban J connectivity index is 1.48. The highest BCUT2D eigenvalue weighted by Gasteiger charge is 2.16. The molecule has 1 fully saturated rings. The maximum atomic E-state index is 13.7. The standard InChI is InChI=1S/C19H16F2N4OS/c20-13-4-5-15(14(21)9-13)23-18(26)16-11-27-19(24-16)12-3-6-17(22-10-12)25-7-1-2-8-25/h3-6,9-11H,1-2,7-8H2,(H,23,26). The Morgan fingerprint density at radius 1 is 1.15 bits per heavy atom. The third-order valence-corrected chi connectivity index (χ3v) is 5.23. The first-order valence-electron chi connectivity index (χ1n) is 8.53. The molecule has 3 aromatic rings. The number of carbonyl (C=O) groups is 1. The molecule has 8 heteroatoms. The van der Waals surface area contributed by atoms with E-state index in [-0.39, 0.29) is 11.4 Å². The Morgan fingerprint density at radius 3 is 2.67 bits per heavy atom. The van der Waals surface area contributed by atoms with Crippen LogP contribution in [0.25, 0.3) is 10.6 Å². The molecule has 1 saturated heterocycles. The van der Waals surface area contributed by atoms with E-state index in [1.807, 2.05) is 12.1 Å². The molecule has 0 aliphatic carbocycles. The number of nitrogens with zero attached hydrogens (tertiary/aromatic N) is 3. The zero-order valence-electron chi connectivity index (χ0n) is 14.3. The van der Waals surface area contributed by atoms with Crippen LogP contribution in [0.2, 0.25) is 0 Å². The maximum Gasteiger partial charge on any atom is 0.275 e. The zero-order chi connectivity index (χ0) is 18.8.